The zero-order chi connectivity index (χ0) is 17.7. The summed E-state index contributed by atoms with van der Waals surface area (Å²) in [5, 5.41) is 13.9. The molecule has 0 saturated carbocycles. The maximum Gasteiger partial charge on any atom is 0.319 e. The zero-order valence-corrected chi connectivity index (χ0v) is 15.0. The first-order valence-corrected chi connectivity index (χ1v) is 8.03. The van der Waals surface area contributed by atoms with Crippen molar-refractivity contribution >= 4 is 11.7 Å². The SMILES string of the molecule is CC(C)c1nnc(CNC(=O)Nc2cccc(CN(C)C)c2)n1C. The lowest BCUT2D eigenvalue weighted by atomic mass is 10.2. The van der Waals surface area contributed by atoms with E-state index in [2.05, 4.69) is 39.6 Å². The second kappa shape index (κ2) is 7.92. The smallest absolute Gasteiger partial charge is 0.319 e. The topological polar surface area (TPSA) is 75.1 Å². The summed E-state index contributed by atoms with van der Waals surface area (Å²) in [5.41, 5.74) is 1.92. The molecule has 0 atom stereocenters. The second-order valence-corrected chi connectivity index (χ2v) is 6.43. The summed E-state index contributed by atoms with van der Waals surface area (Å²) in [6, 6.07) is 7.56. The first-order chi connectivity index (χ1) is 11.4. The summed E-state index contributed by atoms with van der Waals surface area (Å²) in [6.45, 7) is 5.29. The average molecular weight is 330 g/mol. The Kier molecular flexibility index (Phi) is 5.92. The fourth-order valence-corrected chi connectivity index (χ4v) is 2.48. The van der Waals surface area contributed by atoms with Gasteiger partial charge in [-0.1, -0.05) is 26.0 Å². The van der Waals surface area contributed by atoms with Gasteiger partial charge in [0.25, 0.3) is 0 Å². The van der Waals surface area contributed by atoms with Gasteiger partial charge in [0.15, 0.2) is 5.82 Å². The number of benzene rings is 1. The lowest BCUT2D eigenvalue weighted by molar-refractivity contribution is 0.251. The van der Waals surface area contributed by atoms with E-state index in [-0.39, 0.29) is 6.03 Å². The van der Waals surface area contributed by atoms with E-state index < -0.39 is 0 Å². The highest BCUT2D eigenvalue weighted by Gasteiger charge is 2.12. The first kappa shape index (κ1) is 17.9. The highest BCUT2D eigenvalue weighted by atomic mass is 16.2. The van der Waals surface area contributed by atoms with Crippen LogP contribution >= 0.6 is 0 Å². The highest BCUT2D eigenvalue weighted by Crippen LogP contribution is 2.13. The Morgan fingerprint density at radius 3 is 2.67 bits per heavy atom. The molecule has 130 valence electrons. The average Bonchev–Trinajstić information content (AvgIpc) is 2.86. The summed E-state index contributed by atoms with van der Waals surface area (Å²) in [6.07, 6.45) is 0. The Hall–Kier alpha value is -2.41. The second-order valence-electron chi connectivity index (χ2n) is 6.43. The van der Waals surface area contributed by atoms with Gasteiger partial charge in [0.1, 0.15) is 5.82 Å². The normalized spacial score (nSPS) is 11.1. The molecule has 0 unspecified atom stereocenters. The van der Waals surface area contributed by atoms with Crippen molar-refractivity contribution in [3.05, 3.63) is 41.5 Å². The number of anilines is 1. The fourth-order valence-electron chi connectivity index (χ4n) is 2.48. The van der Waals surface area contributed by atoms with E-state index in [0.717, 1.165) is 29.4 Å². The Bertz CT molecular complexity index is 692. The van der Waals surface area contributed by atoms with Crippen molar-refractivity contribution in [1.29, 1.82) is 0 Å². The van der Waals surface area contributed by atoms with Crippen LogP contribution in [0.25, 0.3) is 0 Å². The van der Waals surface area contributed by atoms with Crippen LogP contribution in [0.15, 0.2) is 24.3 Å². The number of nitrogens with zero attached hydrogens (tertiary/aromatic N) is 4. The molecule has 2 rings (SSSR count). The molecular weight excluding hydrogens is 304 g/mol. The highest BCUT2D eigenvalue weighted by molar-refractivity contribution is 5.89. The monoisotopic (exact) mass is 330 g/mol. The van der Waals surface area contributed by atoms with Crippen molar-refractivity contribution < 1.29 is 4.79 Å². The van der Waals surface area contributed by atoms with Gasteiger partial charge >= 0.3 is 6.03 Å². The molecule has 0 aliphatic heterocycles. The van der Waals surface area contributed by atoms with Crippen molar-refractivity contribution in [2.45, 2.75) is 32.9 Å². The summed E-state index contributed by atoms with van der Waals surface area (Å²) < 4.78 is 1.92. The van der Waals surface area contributed by atoms with Gasteiger partial charge in [0, 0.05) is 25.2 Å². The van der Waals surface area contributed by atoms with Crippen LogP contribution < -0.4 is 10.6 Å². The molecular formula is C17H26N6O. The summed E-state index contributed by atoms with van der Waals surface area (Å²) in [4.78, 5) is 14.2. The third-order valence-corrected chi connectivity index (χ3v) is 3.61. The number of nitrogens with one attached hydrogen (secondary N) is 2. The van der Waals surface area contributed by atoms with Crippen molar-refractivity contribution in [2.24, 2.45) is 7.05 Å². The van der Waals surface area contributed by atoms with E-state index >= 15 is 0 Å². The first-order valence-electron chi connectivity index (χ1n) is 8.03. The van der Waals surface area contributed by atoms with Crippen molar-refractivity contribution in [2.75, 3.05) is 19.4 Å². The number of urea groups is 1. The van der Waals surface area contributed by atoms with E-state index in [1.54, 1.807) is 0 Å². The largest absolute Gasteiger partial charge is 0.331 e. The van der Waals surface area contributed by atoms with Gasteiger partial charge in [0.2, 0.25) is 0 Å². The summed E-state index contributed by atoms with van der Waals surface area (Å²) in [5.74, 6) is 1.93. The molecule has 24 heavy (non-hydrogen) atoms. The van der Waals surface area contributed by atoms with Crippen LogP contribution in [0.5, 0.6) is 0 Å². The Labute approximate surface area is 143 Å². The number of aromatic nitrogens is 3. The van der Waals surface area contributed by atoms with Gasteiger partial charge in [-0.3, -0.25) is 0 Å². The molecule has 7 nitrogen and oxygen atoms in total. The molecule has 0 radical (unpaired) electrons. The van der Waals surface area contributed by atoms with Gasteiger partial charge in [-0.2, -0.15) is 0 Å². The summed E-state index contributed by atoms with van der Waals surface area (Å²) >= 11 is 0. The van der Waals surface area contributed by atoms with E-state index in [9.17, 15) is 4.79 Å². The Balaban J connectivity index is 1.92. The van der Waals surface area contributed by atoms with Crippen LogP contribution in [0.2, 0.25) is 0 Å². The lowest BCUT2D eigenvalue weighted by Gasteiger charge is -2.12. The Morgan fingerprint density at radius 1 is 1.29 bits per heavy atom. The molecule has 1 heterocycles. The maximum absolute atomic E-state index is 12.1. The molecule has 0 spiro atoms. The molecule has 0 aliphatic carbocycles. The molecule has 0 saturated heterocycles. The number of carbonyl (C=O) groups is 1. The molecule has 0 aliphatic rings. The third kappa shape index (κ3) is 4.79. The van der Waals surface area contributed by atoms with Crippen LogP contribution in [0.1, 0.15) is 37.0 Å². The minimum atomic E-state index is -0.258. The van der Waals surface area contributed by atoms with Crippen molar-refractivity contribution in [3.63, 3.8) is 0 Å². The van der Waals surface area contributed by atoms with Crippen LogP contribution in [0, 0.1) is 0 Å². The van der Waals surface area contributed by atoms with Gasteiger partial charge in [-0.25, -0.2) is 4.79 Å². The molecule has 2 N–H and O–H groups in total. The van der Waals surface area contributed by atoms with Gasteiger partial charge < -0.3 is 20.1 Å². The van der Waals surface area contributed by atoms with Gasteiger partial charge in [-0.05, 0) is 31.8 Å². The van der Waals surface area contributed by atoms with E-state index in [1.807, 2.05) is 50.0 Å². The minimum Gasteiger partial charge on any atom is -0.331 e. The molecule has 7 heteroatoms. The predicted octanol–water partition coefficient (Wildman–Crippen LogP) is 2.32. The van der Waals surface area contributed by atoms with Crippen LogP contribution in [-0.4, -0.2) is 39.8 Å². The Morgan fingerprint density at radius 2 is 2.04 bits per heavy atom. The minimum absolute atomic E-state index is 0.258. The zero-order valence-electron chi connectivity index (χ0n) is 15.0. The molecule has 2 amide bonds. The van der Waals surface area contributed by atoms with E-state index in [4.69, 9.17) is 0 Å². The van der Waals surface area contributed by atoms with Gasteiger partial charge in [0.05, 0.1) is 6.54 Å². The molecule has 2 aromatic rings. The lowest BCUT2D eigenvalue weighted by Crippen LogP contribution is -2.29. The van der Waals surface area contributed by atoms with Crippen molar-refractivity contribution in [1.82, 2.24) is 25.0 Å². The molecule has 0 bridgehead atoms. The third-order valence-electron chi connectivity index (χ3n) is 3.61. The number of amides is 2. The number of hydrogen-bond acceptors (Lipinski definition) is 4. The van der Waals surface area contributed by atoms with Crippen LogP contribution in [-0.2, 0) is 20.1 Å². The predicted molar refractivity (Wildman–Crippen MR) is 94.8 cm³/mol. The van der Waals surface area contributed by atoms with E-state index in [1.165, 1.54) is 0 Å². The molecule has 1 aromatic carbocycles. The number of rotatable bonds is 6. The number of carbonyl (C=O) groups excluding carboxylic acids is 1. The molecule has 0 fully saturated rings. The molecule has 1 aromatic heterocycles. The maximum atomic E-state index is 12.1. The van der Waals surface area contributed by atoms with Crippen LogP contribution in [0.3, 0.4) is 0 Å². The summed E-state index contributed by atoms with van der Waals surface area (Å²) in [7, 11) is 5.94. The fraction of sp³-hybridized carbons (Fsp3) is 0.471. The van der Waals surface area contributed by atoms with Gasteiger partial charge in [-0.15, -0.1) is 10.2 Å². The van der Waals surface area contributed by atoms with Crippen LogP contribution in [0.4, 0.5) is 10.5 Å². The van der Waals surface area contributed by atoms with Crippen molar-refractivity contribution in [3.8, 4) is 0 Å². The standard InChI is InChI=1S/C17H26N6O/c1-12(2)16-21-20-15(23(16)5)10-18-17(24)19-14-8-6-7-13(9-14)11-22(3)4/h6-9,12H,10-11H2,1-5H3,(H2,18,19,24). The number of hydrogen-bond donors (Lipinski definition) is 2. The quantitative estimate of drug-likeness (QED) is 0.852. The van der Waals surface area contributed by atoms with E-state index in [0.29, 0.717) is 12.5 Å².